The van der Waals surface area contributed by atoms with Gasteiger partial charge in [-0.2, -0.15) is 13.2 Å². The van der Waals surface area contributed by atoms with Gasteiger partial charge in [0.05, 0.1) is 5.56 Å². The Kier molecular flexibility index (Phi) is 6.62. The molecular formula is C22H22F3N3O3. The smallest absolute Gasteiger partial charge is 0.355 e. The summed E-state index contributed by atoms with van der Waals surface area (Å²) in [5.74, 6) is -1.02. The van der Waals surface area contributed by atoms with Crippen molar-refractivity contribution in [2.24, 2.45) is 5.92 Å². The van der Waals surface area contributed by atoms with Crippen LogP contribution in [0.3, 0.4) is 0 Å². The Morgan fingerprint density at radius 1 is 0.903 bits per heavy atom. The van der Waals surface area contributed by atoms with Crippen molar-refractivity contribution in [1.82, 2.24) is 10.2 Å². The summed E-state index contributed by atoms with van der Waals surface area (Å²) in [5.41, 5.74) is 0.436. The number of likely N-dealkylation sites (tertiary alicyclic amines) is 1. The summed E-state index contributed by atoms with van der Waals surface area (Å²) in [4.78, 5) is 38.2. The molecule has 0 bridgehead atoms. The summed E-state index contributed by atoms with van der Waals surface area (Å²) < 4.78 is 38.0. The number of halogens is 3. The van der Waals surface area contributed by atoms with Crippen LogP contribution in [0.15, 0.2) is 48.5 Å². The molecule has 2 N–H and O–H groups in total. The minimum Gasteiger partial charge on any atom is -0.355 e. The maximum Gasteiger partial charge on any atom is 0.416 e. The molecule has 2 aromatic rings. The third kappa shape index (κ3) is 5.42. The Bertz CT molecular complexity index is 949. The fourth-order valence-electron chi connectivity index (χ4n) is 3.42. The first-order valence-electron chi connectivity index (χ1n) is 9.78. The van der Waals surface area contributed by atoms with E-state index < -0.39 is 11.7 Å². The van der Waals surface area contributed by atoms with Gasteiger partial charge in [-0.05, 0) is 61.4 Å². The largest absolute Gasteiger partial charge is 0.416 e. The number of benzene rings is 2. The van der Waals surface area contributed by atoms with Crippen LogP contribution in [0.25, 0.3) is 0 Å². The topological polar surface area (TPSA) is 78.5 Å². The molecule has 0 spiro atoms. The predicted molar refractivity (Wildman–Crippen MR) is 109 cm³/mol. The van der Waals surface area contributed by atoms with E-state index in [1.165, 1.54) is 19.2 Å². The van der Waals surface area contributed by atoms with E-state index in [4.69, 9.17) is 0 Å². The summed E-state index contributed by atoms with van der Waals surface area (Å²) in [6.45, 7) is 0.682. The van der Waals surface area contributed by atoms with Crippen LogP contribution in [-0.2, 0) is 11.0 Å². The molecule has 6 nitrogen and oxygen atoms in total. The number of hydrogen-bond acceptors (Lipinski definition) is 3. The molecule has 1 fully saturated rings. The van der Waals surface area contributed by atoms with Gasteiger partial charge in [0.1, 0.15) is 0 Å². The van der Waals surface area contributed by atoms with Crippen LogP contribution in [0.5, 0.6) is 0 Å². The van der Waals surface area contributed by atoms with E-state index in [1.807, 2.05) is 0 Å². The van der Waals surface area contributed by atoms with Gasteiger partial charge < -0.3 is 15.5 Å². The number of carbonyl (C=O) groups excluding carboxylic acids is 3. The van der Waals surface area contributed by atoms with Crippen molar-refractivity contribution >= 4 is 23.4 Å². The fourth-order valence-corrected chi connectivity index (χ4v) is 3.42. The quantitative estimate of drug-likeness (QED) is 0.774. The summed E-state index contributed by atoms with van der Waals surface area (Å²) in [7, 11) is 1.53. The van der Waals surface area contributed by atoms with Crippen LogP contribution < -0.4 is 10.6 Å². The van der Waals surface area contributed by atoms with Crippen LogP contribution in [0.2, 0.25) is 0 Å². The van der Waals surface area contributed by atoms with Crippen molar-refractivity contribution in [3.63, 3.8) is 0 Å². The second-order valence-corrected chi connectivity index (χ2v) is 7.29. The van der Waals surface area contributed by atoms with Crippen LogP contribution in [0, 0.1) is 5.92 Å². The van der Waals surface area contributed by atoms with E-state index in [9.17, 15) is 27.6 Å². The Morgan fingerprint density at radius 3 is 1.97 bits per heavy atom. The van der Waals surface area contributed by atoms with E-state index in [0.717, 1.165) is 12.1 Å². The summed E-state index contributed by atoms with van der Waals surface area (Å²) in [6.07, 6.45) is -3.54. The highest BCUT2D eigenvalue weighted by molar-refractivity contribution is 5.97. The summed E-state index contributed by atoms with van der Waals surface area (Å²) in [6, 6.07) is 10.6. The van der Waals surface area contributed by atoms with Crippen LogP contribution >= 0.6 is 0 Å². The number of anilines is 1. The predicted octanol–water partition coefficient (Wildman–Crippen LogP) is 3.56. The number of rotatable bonds is 4. The molecule has 0 aromatic heterocycles. The minimum atomic E-state index is -4.45. The monoisotopic (exact) mass is 433 g/mol. The van der Waals surface area contributed by atoms with Crippen molar-refractivity contribution in [2.45, 2.75) is 19.0 Å². The Morgan fingerprint density at radius 2 is 1.45 bits per heavy atom. The fraction of sp³-hybridized carbons (Fsp3) is 0.318. The van der Waals surface area contributed by atoms with Crippen LogP contribution in [-0.4, -0.2) is 42.8 Å². The third-order valence-corrected chi connectivity index (χ3v) is 5.25. The number of hydrogen-bond donors (Lipinski definition) is 2. The number of carbonyl (C=O) groups is 3. The van der Waals surface area contributed by atoms with Gasteiger partial charge in [0.2, 0.25) is 5.91 Å². The van der Waals surface area contributed by atoms with E-state index in [2.05, 4.69) is 10.6 Å². The van der Waals surface area contributed by atoms with Gasteiger partial charge in [0.25, 0.3) is 11.8 Å². The van der Waals surface area contributed by atoms with Gasteiger partial charge in [0, 0.05) is 42.9 Å². The summed E-state index contributed by atoms with van der Waals surface area (Å²) in [5, 5.41) is 5.33. The number of amides is 3. The molecule has 1 aliphatic heterocycles. The molecule has 0 unspecified atom stereocenters. The molecule has 31 heavy (non-hydrogen) atoms. The van der Waals surface area contributed by atoms with Gasteiger partial charge in [0.15, 0.2) is 0 Å². The van der Waals surface area contributed by atoms with Crippen molar-refractivity contribution in [3.8, 4) is 0 Å². The second-order valence-electron chi connectivity index (χ2n) is 7.29. The highest BCUT2D eigenvalue weighted by Gasteiger charge is 2.31. The normalized spacial score (nSPS) is 14.8. The molecule has 0 saturated carbocycles. The molecule has 3 amide bonds. The zero-order valence-corrected chi connectivity index (χ0v) is 16.8. The third-order valence-electron chi connectivity index (χ3n) is 5.25. The first kappa shape index (κ1) is 22.3. The highest BCUT2D eigenvalue weighted by Crippen LogP contribution is 2.29. The molecule has 1 aliphatic rings. The first-order valence-corrected chi connectivity index (χ1v) is 9.78. The average Bonchev–Trinajstić information content (AvgIpc) is 2.78. The SMILES string of the molecule is CNC(=O)c1ccc(NC(=O)C2CCN(C(=O)c3ccc(C(F)(F)F)cc3)CC2)cc1. The molecule has 3 rings (SSSR count). The number of alkyl halides is 3. The van der Waals surface area contributed by atoms with Gasteiger partial charge >= 0.3 is 6.18 Å². The van der Waals surface area contributed by atoms with Gasteiger partial charge in [-0.3, -0.25) is 14.4 Å². The molecule has 1 heterocycles. The molecule has 0 aliphatic carbocycles. The lowest BCUT2D eigenvalue weighted by Crippen LogP contribution is -2.41. The lowest BCUT2D eigenvalue weighted by molar-refractivity contribution is -0.137. The molecule has 2 aromatic carbocycles. The van der Waals surface area contributed by atoms with E-state index in [-0.39, 0.29) is 29.2 Å². The van der Waals surface area contributed by atoms with Gasteiger partial charge in [-0.15, -0.1) is 0 Å². The zero-order chi connectivity index (χ0) is 22.6. The first-order chi connectivity index (χ1) is 14.7. The van der Waals surface area contributed by atoms with Crippen molar-refractivity contribution in [2.75, 3.05) is 25.5 Å². The molecule has 0 radical (unpaired) electrons. The lowest BCUT2D eigenvalue weighted by atomic mass is 9.95. The van der Waals surface area contributed by atoms with E-state index in [1.54, 1.807) is 29.2 Å². The van der Waals surface area contributed by atoms with Crippen LogP contribution in [0.4, 0.5) is 18.9 Å². The average molecular weight is 433 g/mol. The number of nitrogens with zero attached hydrogens (tertiary/aromatic N) is 1. The Labute approximate surface area is 177 Å². The Balaban J connectivity index is 1.53. The van der Waals surface area contributed by atoms with Crippen molar-refractivity contribution < 1.29 is 27.6 Å². The van der Waals surface area contributed by atoms with E-state index in [0.29, 0.717) is 37.2 Å². The minimum absolute atomic E-state index is 0.172. The van der Waals surface area contributed by atoms with Crippen LogP contribution in [0.1, 0.15) is 39.1 Å². The molecule has 164 valence electrons. The van der Waals surface area contributed by atoms with Crippen molar-refractivity contribution in [3.05, 3.63) is 65.2 Å². The maximum atomic E-state index is 12.7. The van der Waals surface area contributed by atoms with Gasteiger partial charge in [-0.1, -0.05) is 0 Å². The number of piperidine rings is 1. The van der Waals surface area contributed by atoms with Gasteiger partial charge in [-0.25, -0.2) is 0 Å². The zero-order valence-electron chi connectivity index (χ0n) is 16.8. The second kappa shape index (κ2) is 9.20. The molecular weight excluding hydrogens is 411 g/mol. The molecule has 0 atom stereocenters. The highest BCUT2D eigenvalue weighted by atomic mass is 19.4. The summed E-state index contributed by atoms with van der Waals surface area (Å²) >= 11 is 0. The Hall–Kier alpha value is -3.36. The molecule has 1 saturated heterocycles. The van der Waals surface area contributed by atoms with E-state index >= 15 is 0 Å². The maximum absolute atomic E-state index is 12.7. The molecule has 9 heteroatoms. The standard InChI is InChI=1S/C22H22F3N3O3/c1-26-19(29)14-4-8-18(9-5-14)27-20(30)15-10-12-28(13-11-15)21(31)16-2-6-17(7-3-16)22(23,24)25/h2-9,15H,10-13H2,1H3,(H,26,29)(H,27,30). The lowest BCUT2D eigenvalue weighted by Gasteiger charge is -2.31. The number of nitrogens with one attached hydrogen (secondary N) is 2. The van der Waals surface area contributed by atoms with Crippen molar-refractivity contribution in [1.29, 1.82) is 0 Å².